The average Bonchev–Trinajstić information content (AvgIpc) is 2.23. The number of carboxylic acid groups (broad SMARTS) is 2. The monoisotopic (exact) mass is 246 g/mol. The maximum absolute atomic E-state index is 11.4. The molecule has 2 atom stereocenters. The van der Waals surface area contributed by atoms with Gasteiger partial charge < -0.3 is 21.3 Å². The Hall–Kier alpha value is -1.63. The minimum Gasteiger partial charge on any atom is -0.481 e. The first-order valence-electron chi connectivity index (χ1n) is 5.39. The van der Waals surface area contributed by atoms with Crippen molar-refractivity contribution in [1.82, 2.24) is 5.32 Å². The van der Waals surface area contributed by atoms with E-state index in [2.05, 4.69) is 5.32 Å². The first-order valence-corrected chi connectivity index (χ1v) is 5.39. The summed E-state index contributed by atoms with van der Waals surface area (Å²) in [5, 5.41) is 19.5. The minimum atomic E-state index is -1.26. The van der Waals surface area contributed by atoms with Crippen LogP contribution in [0.5, 0.6) is 0 Å². The van der Waals surface area contributed by atoms with E-state index in [4.69, 9.17) is 15.9 Å². The van der Waals surface area contributed by atoms with E-state index >= 15 is 0 Å². The van der Waals surface area contributed by atoms with E-state index in [1.807, 2.05) is 6.92 Å². The van der Waals surface area contributed by atoms with E-state index in [1.165, 1.54) is 0 Å². The van der Waals surface area contributed by atoms with Crippen molar-refractivity contribution >= 4 is 17.8 Å². The summed E-state index contributed by atoms with van der Waals surface area (Å²) in [4.78, 5) is 32.5. The number of nitrogens with two attached hydrogens (primary N) is 1. The maximum Gasteiger partial charge on any atom is 0.326 e. The highest BCUT2D eigenvalue weighted by molar-refractivity contribution is 5.87. The maximum atomic E-state index is 11.4. The van der Waals surface area contributed by atoms with Crippen molar-refractivity contribution in [3.63, 3.8) is 0 Å². The molecule has 0 radical (unpaired) electrons. The molecular formula is C10H18N2O5. The number of amides is 1. The molecule has 0 aromatic rings. The zero-order valence-electron chi connectivity index (χ0n) is 9.68. The lowest BCUT2D eigenvalue weighted by molar-refractivity contribution is -0.143. The molecule has 0 rings (SSSR count). The van der Waals surface area contributed by atoms with Crippen LogP contribution in [0.2, 0.25) is 0 Å². The van der Waals surface area contributed by atoms with Gasteiger partial charge in [0.2, 0.25) is 5.91 Å². The molecule has 0 aliphatic rings. The summed E-state index contributed by atoms with van der Waals surface area (Å²) in [6.45, 7) is 1.85. The predicted octanol–water partition coefficient (Wildman–Crippen LogP) is -0.452. The minimum absolute atomic E-state index is 0.157. The fourth-order valence-electron chi connectivity index (χ4n) is 1.25. The van der Waals surface area contributed by atoms with Crippen molar-refractivity contribution in [3.05, 3.63) is 0 Å². The van der Waals surface area contributed by atoms with Crippen LogP contribution in [0.4, 0.5) is 0 Å². The molecule has 0 saturated heterocycles. The van der Waals surface area contributed by atoms with Crippen LogP contribution in [0.25, 0.3) is 0 Å². The quantitative estimate of drug-likeness (QED) is 0.459. The van der Waals surface area contributed by atoms with Gasteiger partial charge in [-0.1, -0.05) is 13.3 Å². The van der Waals surface area contributed by atoms with Crippen LogP contribution in [0.15, 0.2) is 0 Å². The highest BCUT2D eigenvalue weighted by Crippen LogP contribution is 2.00. The zero-order valence-corrected chi connectivity index (χ0v) is 9.68. The molecule has 0 aromatic heterocycles. The fourth-order valence-corrected chi connectivity index (χ4v) is 1.25. The second kappa shape index (κ2) is 7.61. The second-order valence-electron chi connectivity index (χ2n) is 3.73. The molecule has 0 saturated carbocycles. The lowest BCUT2D eigenvalue weighted by atomic mass is 10.1. The van der Waals surface area contributed by atoms with Gasteiger partial charge in [0, 0.05) is 6.42 Å². The normalized spacial score (nSPS) is 13.8. The van der Waals surface area contributed by atoms with Gasteiger partial charge in [-0.2, -0.15) is 0 Å². The molecule has 7 nitrogen and oxygen atoms in total. The van der Waals surface area contributed by atoms with Gasteiger partial charge in [0.15, 0.2) is 0 Å². The molecule has 0 unspecified atom stereocenters. The second-order valence-corrected chi connectivity index (χ2v) is 3.73. The Labute approximate surface area is 99.0 Å². The van der Waals surface area contributed by atoms with Crippen LogP contribution in [0.1, 0.15) is 32.6 Å². The van der Waals surface area contributed by atoms with Crippen LogP contribution in [-0.4, -0.2) is 40.1 Å². The number of nitrogens with one attached hydrogen (secondary N) is 1. The Morgan fingerprint density at radius 2 is 1.82 bits per heavy atom. The van der Waals surface area contributed by atoms with E-state index in [1.54, 1.807) is 0 Å². The Morgan fingerprint density at radius 1 is 1.24 bits per heavy atom. The van der Waals surface area contributed by atoms with Crippen molar-refractivity contribution < 1.29 is 24.6 Å². The van der Waals surface area contributed by atoms with Gasteiger partial charge in [-0.3, -0.25) is 9.59 Å². The third-order valence-corrected chi connectivity index (χ3v) is 2.20. The van der Waals surface area contributed by atoms with Crippen molar-refractivity contribution in [2.75, 3.05) is 0 Å². The highest BCUT2D eigenvalue weighted by Gasteiger charge is 2.23. The number of carbonyl (C=O) groups is 3. The number of rotatable bonds is 8. The summed E-state index contributed by atoms with van der Waals surface area (Å²) in [5.74, 6) is -2.93. The molecule has 7 heteroatoms. The molecule has 5 N–H and O–H groups in total. The molecular weight excluding hydrogens is 228 g/mol. The summed E-state index contributed by atoms with van der Waals surface area (Å²) in [6, 6.07) is -1.96. The van der Waals surface area contributed by atoms with Gasteiger partial charge in [0.05, 0.1) is 6.04 Å². The molecule has 0 aliphatic heterocycles. The lowest BCUT2D eigenvalue weighted by Crippen LogP contribution is -2.48. The van der Waals surface area contributed by atoms with Gasteiger partial charge >= 0.3 is 11.9 Å². The summed E-state index contributed by atoms with van der Waals surface area (Å²) in [5.41, 5.74) is 5.51. The SMILES string of the molecule is CCC[C@@H](N)C(=O)N[C@@H](CCC(=O)O)C(=O)O. The molecule has 0 bridgehead atoms. The third kappa shape index (κ3) is 6.52. The summed E-state index contributed by atoms with van der Waals surface area (Å²) in [7, 11) is 0. The van der Waals surface area contributed by atoms with Crippen LogP contribution < -0.4 is 11.1 Å². The van der Waals surface area contributed by atoms with Crippen LogP contribution in [-0.2, 0) is 14.4 Å². The van der Waals surface area contributed by atoms with Crippen molar-refractivity contribution in [2.45, 2.75) is 44.7 Å². The molecule has 0 aromatic carbocycles. The average molecular weight is 246 g/mol. The number of hydrogen-bond acceptors (Lipinski definition) is 4. The predicted molar refractivity (Wildman–Crippen MR) is 59.3 cm³/mol. The van der Waals surface area contributed by atoms with Gasteiger partial charge in [-0.25, -0.2) is 4.79 Å². The largest absolute Gasteiger partial charge is 0.481 e. The molecule has 0 fully saturated rings. The molecule has 0 aliphatic carbocycles. The number of carboxylic acids is 2. The van der Waals surface area contributed by atoms with E-state index in [-0.39, 0.29) is 12.8 Å². The zero-order chi connectivity index (χ0) is 13.4. The van der Waals surface area contributed by atoms with E-state index in [0.717, 1.165) is 0 Å². The van der Waals surface area contributed by atoms with Crippen LogP contribution >= 0.6 is 0 Å². The Morgan fingerprint density at radius 3 is 2.24 bits per heavy atom. The number of carbonyl (C=O) groups excluding carboxylic acids is 1. The topological polar surface area (TPSA) is 130 Å². The highest BCUT2D eigenvalue weighted by atomic mass is 16.4. The van der Waals surface area contributed by atoms with Gasteiger partial charge in [0.1, 0.15) is 6.04 Å². The molecule has 0 heterocycles. The molecule has 1 amide bonds. The molecule has 0 spiro atoms. The standard InChI is InChI=1S/C10H18N2O5/c1-2-3-6(11)9(15)12-7(10(16)17)4-5-8(13)14/h6-7H,2-5,11H2,1H3,(H,12,15)(H,13,14)(H,16,17)/t6-,7+/m1/s1. The molecule has 98 valence electrons. The van der Waals surface area contributed by atoms with E-state index < -0.39 is 29.9 Å². The van der Waals surface area contributed by atoms with Gasteiger partial charge in [0.25, 0.3) is 0 Å². The Kier molecular flexibility index (Phi) is 6.88. The fraction of sp³-hybridized carbons (Fsp3) is 0.700. The smallest absolute Gasteiger partial charge is 0.326 e. The third-order valence-electron chi connectivity index (χ3n) is 2.20. The first kappa shape index (κ1) is 15.4. The summed E-state index contributed by atoms with van der Waals surface area (Å²) in [6.07, 6.45) is 0.689. The van der Waals surface area contributed by atoms with E-state index in [9.17, 15) is 14.4 Å². The lowest BCUT2D eigenvalue weighted by Gasteiger charge is -2.16. The van der Waals surface area contributed by atoms with Crippen molar-refractivity contribution in [2.24, 2.45) is 5.73 Å². The number of aliphatic carboxylic acids is 2. The van der Waals surface area contributed by atoms with Gasteiger partial charge in [-0.05, 0) is 12.8 Å². The Balaban J connectivity index is 4.29. The van der Waals surface area contributed by atoms with Crippen molar-refractivity contribution in [3.8, 4) is 0 Å². The Bertz CT molecular complexity index is 292. The van der Waals surface area contributed by atoms with Crippen LogP contribution in [0.3, 0.4) is 0 Å². The summed E-state index contributed by atoms with van der Waals surface area (Å²) >= 11 is 0. The molecule has 17 heavy (non-hydrogen) atoms. The van der Waals surface area contributed by atoms with Crippen molar-refractivity contribution in [1.29, 1.82) is 0 Å². The van der Waals surface area contributed by atoms with Gasteiger partial charge in [-0.15, -0.1) is 0 Å². The summed E-state index contributed by atoms with van der Waals surface area (Å²) < 4.78 is 0. The van der Waals surface area contributed by atoms with Crippen LogP contribution in [0, 0.1) is 0 Å². The first-order chi connectivity index (χ1) is 7.88. The number of hydrogen-bond donors (Lipinski definition) is 4. The van der Waals surface area contributed by atoms with E-state index in [0.29, 0.717) is 12.8 Å².